The van der Waals surface area contributed by atoms with Crippen molar-refractivity contribution >= 4 is 46.9 Å². The molecular formula is C16H8K2MgO8. The maximum Gasteiger partial charge on any atom is 2.00 e. The van der Waals surface area contributed by atoms with Crippen LogP contribution < -0.4 is 123 Å². The van der Waals surface area contributed by atoms with Gasteiger partial charge in [-0.2, -0.15) is 0 Å². The van der Waals surface area contributed by atoms with Gasteiger partial charge in [0, 0.05) is 22.3 Å². The van der Waals surface area contributed by atoms with Crippen LogP contribution in [0.15, 0.2) is 48.5 Å². The van der Waals surface area contributed by atoms with Crippen molar-refractivity contribution in [3.8, 4) is 0 Å². The van der Waals surface area contributed by atoms with Gasteiger partial charge in [0.1, 0.15) is 0 Å². The van der Waals surface area contributed by atoms with Gasteiger partial charge < -0.3 is 39.6 Å². The second kappa shape index (κ2) is 16.2. The van der Waals surface area contributed by atoms with E-state index in [1.165, 1.54) is 24.3 Å². The van der Waals surface area contributed by atoms with E-state index in [1.54, 1.807) is 0 Å². The van der Waals surface area contributed by atoms with Gasteiger partial charge >= 0.3 is 126 Å². The fraction of sp³-hybridized carbons (Fsp3) is 0. The molecule has 0 aliphatic rings. The van der Waals surface area contributed by atoms with Crippen LogP contribution in [0.4, 0.5) is 0 Å². The Kier molecular flexibility index (Phi) is 19.2. The Balaban J connectivity index is -0.000000384. The molecule has 0 saturated heterocycles. The van der Waals surface area contributed by atoms with Crippen LogP contribution in [0.3, 0.4) is 0 Å². The van der Waals surface area contributed by atoms with Crippen molar-refractivity contribution in [1.29, 1.82) is 0 Å². The largest absolute Gasteiger partial charge is 2.00 e. The molecule has 0 unspecified atom stereocenters. The summed E-state index contributed by atoms with van der Waals surface area (Å²) in [7, 11) is 0. The van der Waals surface area contributed by atoms with E-state index in [0.717, 1.165) is 24.3 Å². The maximum absolute atomic E-state index is 10.3. The number of rotatable bonds is 4. The summed E-state index contributed by atoms with van der Waals surface area (Å²) in [4.78, 5) is 41.3. The summed E-state index contributed by atoms with van der Waals surface area (Å²) in [6.45, 7) is 0. The van der Waals surface area contributed by atoms with Crippen molar-refractivity contribution in [1.82, 2.24) is 0 Å². The molecule has 11 heteroatoms. The third kappa shape index (κ3) is 10.6. The van der Waals surface area contributed by atoms with Gasteiger partial charge in [-0.05, 0) is 0 Å². The molecule has 2 aromatic rings. The van der Waals surface area contributed by atoms with E-state index >= 15 is 0 Å². The van der Waals surface area contributed by atoms with Gasteiger partial charge in [0.15, 0.2) is 0 Å². The minimum atomic E-state index is -1.52. The van der Waals surface area contributed by atoms with E-state index in [1.807, 2.05) is 0 Å². The number of hydrogen-bond acceptors (Lipinski definition) is 8. The first-order valence-electron chi connectivity index (χ1n) is 6.29. The number of benzene rings is 2. The fourth-order valence-electron chi connectivity index (χ4n) is 1.68. The van der Waals surface area contributed by atoms with Gasteiger partial charge in [-0.1, -0.05) is 48.5 Å². The second-order valence-electron chi connectivity index (χ2n) is 4.24. The number of hydrogen-bond donors (Lipinski definition) is 0. The number of aromatic carboxylic acids is 4. The summed E-state index contributed by atoms with van der Waals surface area (Å²) < 4.78 is 0. The van der Waals surface area contributed by atoms with Crippen LogP contribution in [-0.2, 0) is 0 Å². The van der Waals surface area contributed by atoms with Crippen LogP contribution in [0.25, 0.3) is 0 Å². The summed E-state index contributed by atoms with van der Waals surface area (Å²) in [5.74, 6) is -6.07. The van der Waals surface area contributed by atoms with Crippen LogP contribution in [0.2, 0.25) is 0 Å². The minimum absolute atomic E-state index is 0. The van der Waals surface area contributed by atoms with Gasteiger partial charge in [-0.15, -0.1) is 0 Å². The fourth-order valence-corrected chi connectivity index (χ4v) is 1.68. The first kappa shape index (κ1) is 32.0. The average molecular weight is 431 g/mol. The van der Waals surface area contributed by atoms with E-state index in [-0.39, 0.29) is 148 Å². The Hall–Kier alpha value is 0.359. The molecule has 0 aliphatic carbocycles. The summed E-state index contributed by atoms with van der Waals surface area (Å²) >= 11 is 0. The van der Waals surface area contributed by atoms with Crippen molar-refractivity contribution in [2.45, 2.75) is 0 Å². The van der Waals surface area contributed by atoms with E-state index in [2.05, 4.69) is 0 Å². The average Bonchev–Trinajstić information content (AvgIpc) is 2.55. The van der Waals surface area contributed by atoms with Crippen molar-refractivity contribution in [3.63, 3.8) is 0 Å². The van der Waals surface area contributed by atoms with Crippen LogP contribution >= 0.6 is 0 Å². The number of carbonyl (C=O) groups excluding carboxylic acids is 4. The van der Waals surface area contributed by atoms with Crippen LogP contribution in [0.5, 0.6) is 0 Å². The molecule has 0 aliphatic heterocycles. The standard InChI is InChI=1S/2C8H6O4.2K.Mg/c2*9-7(10)5-3-1-2-4-6(5)8(11)12;;;/h2*1-4H,(H,9,10)(H,11,12);;;/q;;2*+1;+2/p-4. The van der Waals surface area contributed by atoms with Crippen molar-refractivity contribution in [3.05, 3.63) is 70.8 Å². The van der Waals surface area contributed by atoms with E-state index in [0.29, 0.717) is 0 Å². The molecule has 8 nitrogen and oxygen atoms in total. The van der Waals surface area contributed by atoms with Crippen LogP contribution in [0.1, 0.15) is 41.4 Å². The molecule has 0 spiro atoms. The molecule has 0 heterocycles. The molecule has 0 aromatic heterocycles. The molecule has 0 radical (unpaired) electrons. The molecule has 0 atom stereocenters. The first-order chi connectivity index (χ1) is 11.3. The van der Waals surface area contributed by atoms with Crippen LogP contribution in [0, 0.1) is 0 Å². The number of carboxylic acid groups (broad SMARTS) is 4. The van der Waals surface area contributed by atoms with Crippen molar-refractivity contribution in [2.24, 2.45) is 0 Å². The quantitative estimate of drug-likeness (QED) is 0.432. The van der Waals surface area contributed by atoms with Gasteiger partial charge in [0.25, 0.3) is 0 Å². The Labute approximate surface area is 255 Å². The maximum atomic E-state index is 10.3. The van der Waals surface area contributed by atoms with Crippen molar-refractivity contribution in [2.75, 3.05) is 0 Å². The minimum Gasteiger partial charge on any atom is -0.545 e. The SMILES string of the molecule is O=C([O-])c1ccccc1C(=O)[O-].O=C([O-])c1ccccc1C(=O)[O-].[K+].[K+].[Mg+2]. The first-order valence-corrected chi connectivity index (χ1v) is 6.29. The molecule has 0 bridgehead atoms. The monoisotopic (exact) mass is 430 g/mol. The summed E-state index contributed by atoms with van der Waals surface area (Å²) in [5.41, 5.74) is -1.45. The molecule has 2 rings (SSSR count). The zero-order valence-corrected chi connectivity index (χ0v) is 22.3. The summed E-state index contributed by atoms with van der Waals surface area (Å²) in [6, 6.07) is 10.3. The Morgan fingerprint density at radius 3 is 0.741 bits per heavy atom. The summed E-state index contributed by atoms with van der Waals surface area (Å²) in [5, 5.41) is 41.3. The Morgan fingerprint density at radius 1 is 0.481 bits per heavy atom. The summed E-state index contributed by atoms with van der Waals surface area (Å²) in [6.07, 6.45) is 0. The third-order valence-corrected chi connectivity index (χ3v) is 2.73. The van der Waals surface area contributed by atoms with E-state index in [9.17, 15) is 39.6 Å². The topological polar surface area (TPSA) is 161 Å². The third-order valence-electron chi connectivity index (χ3n) is 2.73. The molecule has 0 fully saturated rings. The molecule has 2 aromatic carbocycles. The molecule has 0 N–H and O–H groups in total. The molecule has 0 amide bonds. The van der Waals surface area contributed by atoms with E-state index in [4.69, 9.17) is 0 Å². The Bertz CT molecular complexity index is 677. The smallest absolute Gasteiger partial charge is 0.545 e. The van der Waals surface area contributed by atoms with Crippen LogP contribution in [-0.4, -0.2) is 46.9 Å². The van der Waals surface area contributed by atoms with Gasteiger partial charge in [0.2, 0.25) is 0 Å². The predicted molar refractivity (Wildman–Crippen MR) is 76.0 cm³/mol. The van der Waals surface area contributed by atoms with Gasteiger partial charge in [-0.25, -0.2) is 0 Å². The van der Waals surface area contributed by atoms with Gasteiger partial charge in [0.05, 0.1) is 23.9 Å². The predicted octanol–water partition coefficient (Wildman–Crippen LogP) is -9.55. The zero-order chi connectivity index (χ0) is 18.3. The Morgan fingerprint density at radius 2 is 0.630 bits per heavy atom. The van der Waals surface area contributed by atoms with Crippen molar-refractivity contribution < 1.29 is 142 Å². The zero-order valence-electron chi connectivity index (χ0n) is 14.6. The van der Waals surface area contributed by atoms with E-state index < -0.39 is 23.9 Å². The molecule has 27 heavy (non-hydrogen) atoms. The molecule has 124 valence electrons. The molecular weight excluding hydrogens is 423 g/mol. The molecule has 0 saturated carbocycles. The number of carbonyl (C=O) groups is 4. The number of carboxylic acids is 4. The van der Waals surface area contributed by atoms with Gasteiger partial charge in [-0.3, -0.25) is 0 Å². The second-order valence-corrected chi connectivity index (χ2v) is 4.24. The normalized spacial score (nSPS) is 8.30.